The number of nitrogens with one attached hydrogen (secondary N) is 2. The quantitative estimate of drug-likeness (QED) is 0.353. The molecule has 0 aliphatic rings. The number of hydrogen-bond donors (Lipinski definition) is 3. The largest absolute Gasteiger partial charge is 0.395 e. The Morgan fingerprint density at radius 2 is 2.21 bits per heavy atom. The van der Waals surface area contributed by atoms with Gasteiger partial charge in [-0.1, -0.05) is 18.2 Å². The zero-order valence-electron chi connectivity index (χ0n) is 7.99. The van der Waals surface area contributed by atoms with Crippen molar-refractivity contribution >= 4 is 23.2 Å². The highest BCUT2D eigenvalue weighted by Crippen LogP contribution is 1.77. The molecular formula is C9H14N2O2S. The SMILES string of the molecule is CC=CC=CC(=O)NC(=S)NCCO. The minimum Gasteiger partial charge on any atom is -0.395 e. The van der Waals surface area contributed by atoms with E-state index in [1.54, 1.807) is 12.2 Å². The summed E-state index contributed by atoms with van der Waals surface area (Å²) in [6.07, 6.45) is 6.53. The molecule has 0 aromatic heterocycles. The lowest BCUT2D eigenvalue weighted by atomic mass is 10.4. The van der Waals surface area contributed by atoms with E-state index in [0.29, 0.717) is 6.54 Å². The van der Waals surface area contributed by atoms with Gasteiger partial charge in [0, 0.05) is 12.6 Å². The molecule has 0 heterocycles. The number of aliphatic hydroxyl groups excluding tert-OH is 1. The molecule has 5 heteroatoms. The standard InChI is InChI=1S/C9H14N2O2S/c1-2-3-4-5-8(13)11-9(14)10-6-7-12/h2-5,12H,6-7H2,1H3,(H2,10,11,13,14). The molecule has 78 valence electrons. The second-order valence-electron chi connectivity index (χ2n) is 2.35. The van der Waals surface area contributed by atoms with Crippen LogP contribution in [0.5, 0.6) is 0 Å². The van der Waals surface area contributed by atoms with Crippen molar-refractivity contribution in [3.63, 3.8) is 0 Å². The maximum Gasteiger partial charge on any atom is 0.250 e. The number of allylic oxidation sites excluding steroid dienone is 3. The summed E-state index contributed by atoms with van der Waals surface area (Å²) in [5, 5.41) is 13.8. The van der Waals surface area contributed by atoms with E-state index < -0.39 is 0 Å². The Kier molecular flexibility index (Phi) is 7.68. The highest BCUT2D eigenvalue weighted by Gasteiger charge is 1.97. The number of carbonyl (C=O) groups is 1. The van der Waals surface area contributed by atoms with Gasteiger partial charge in [-0.25, -0.2) is 0 Å². The van der Waals surface area contributed by atoms with Gasteiger partial charge in [-0.2, -0.15) is 0 Å². The van der Waals surface area contributed by atoms with E-state index >= 15 is 0 Å². The van der Waals surface area contributed by atoms with Gasteiger partial charge in [0.2, 0.25) is 5.91 Å². The van der Waals surface area contributed by atoms with Crippen LogP contribution in [0.15, 0.2) is 24.3 Å². The van der Waals surface area contributed by atoms with Crippen molar-refractivity contribution in [3.05, 3.63) is 24.3 Å². The van der Waals surface area contributed by atoms with E-state index in [0.717, 1.165) is 0 Å². The van der Waals surface area contributed by atoms with Crippen molar-refractivity contribution in [2.24, 2.45) is 0 Å². The van der Waals surface area contributed by atoms with Gasteiger partial charge in [0.25, 0.3) is 0 Å². The van der Waals surface area contributed by atoms with E-state index in [-0.39, 0.29) is 17.6 Å². The maximum absolute atomic E-state index is 11.1. The number of hydrogen-bond acceptors (Lipinski definition) is 3. The third-order valence-electron chi connectivity index (χ3n) is 1.19. The van der Waals surface area contributed by atoms with Crippen LogP contribution in [0.4, 0.5) is 0 Å². The summed E-state index contributed by atoms with van der Waals surface area (Å²) in [5.74, 6) is -0.293. The summed E-state index contributed by atoms with van der Waals surface area (Å²) in [7, 11) is 0. The van der Waals surface area contributed by atoms with E-state index in [2.05, 4.69) is 10.6 Å². The minimum atomic E-state index is -0.293. The van der Waals surface area contributed by atoms with Crippen LogP contribution >= 0.6 is 12.2 Å². The summed E-state index contributed by atoms with van der Waals surface area (Å²) in [6, 6.07) is 0. The van der Waals surface area contributed by atoms with E-state index in [1.807, 2.05) is 13.0 Å². The Bertz CT molecular complexity index is 249. The van der Waals surface area contributed by atoms with Crippen molar-refractivity contribution in [3.8, 4) is 0 Å². The van der Waals surface area contributed by atoms with Gasteiger partial charge in [-0.3, -0.25) is 10.1 Å². The van der Waals surface area contributed by atoms with Crippen molar-refractivity contribution in [2.45, 2.75) is 6.92 Å². The summed E-state index contributed by atoms with van der Waals surface area (Å²) >= 11 is 4.77. The van der Waals surface area contributed by atoms with Crippen molar-refractivity contribution in [2.75, 3.05) is 13.2 Å². The molecule has 4 nitrogen and oxygen atoms in total. The predicted molar refractivity (Wildman–Crippen MR) is 59.8 cm³/mol. The molecule has 3 N–H and O–H groups in total. The predicted octanol–water partition coefficient (Wildman–Crippen LogP) is 0.102. The molecule has 0 bridgehead atoms. The first-order valence-electron chi connectivity index (χ1n) is 4.19. The first kappa shape index (κ1) is 12.8. The normalized spacial score (nSPS) is 10.7. The van der Waals surface area contributed by atoms with Crippen LogP contribution in [0.1, 0.15) is 6.92 Å². The molecule has 1 amide bonds. The molecule has 0 aromatic rings. The average molecular weight is 214 g/mol. The zero-order chi connectivity index (χ0) is 10.8. The van der Waals surface area contributed by atoms with Crippen molar-refractivity contribution in [1.82, 2.24) is 10.6 Å². The zero-order valence-corrected chi connectivity index (χ0v) is 8.80. The number of rotatable bonds is 4. The first-order chi connectivity index (χ1) is 6.70. The minimum absolute atomic E-state index is 0.0234. The molecule has 0 rings (SSSR count). The maximum atomic E-state index is 11.1. The second kappa shape index (κ2) is 8.40. The topological polar surface area (TPSA) is 61.4 Å². The third-order valence-corrected chi connectivity index (χ3v) is 1.43. The molecule has 0 saturated carbocycles. The fraction of sp³-hybridized carbons (Fsp3) is 0.333. The van der Waals surface area contributed by atoms with Gasteiger partial charge in [0.05, 0.1) is 6.61 Å². The first-order valence-corrected chi connectivity index (χ1v) is 4.60. The van der Waals surface area contributed by atoms with Gasteiger partial charge in [0.1, 0.15) is 0 Å². The number of thiocarbonyl (C=S) groups is 1. The van der Waals surface area contributed by atoms with Gasteiger partial charge >= 0.3 is 0 Å². The van der Waals surface area contributed by atoms with Gasteiger partial charge in [-0.15, -0.1) is 0 Å². The summed E-state index contributed by atoms with van der Waals surface area (Å²) in [4.78, 5) is 11.1. The molecule has 0 atom stereocenters. The summed E-state index contributed by atoms with van der Waals surface area (Å²) in [5.41, 5.74) is 0. The van der Waals surface area contributed by atoms with Crippen LogP contribution in [-0.4, -0.2) is 29.3 Å². The van der Waals surface area contributed by atoms with Gasteiger partial charge in [-0.05, 0) is 19.1 Å². The van der Waals surface area contributed by atoms with Gasteiger partial charge < -0.3 is 10.4 Å². The number of aliphatic hydroxyl groups is 1. The Labute approximate surface area is 88.7 Å². The van der Waals surface area contributed by atoms with Crippen LogP contribution in [0.25, 0.3) is 0 Å². The summed E-state index contributed by atoms with van der Waals surface area (Å²) < 4.78 is 0. The highest BCUT2D eigenvalue weighted by atomic mass is 32.1. The van der Waals surface area contributed by atoms with E-state index in [1.165, 1.54) is 6.08 Å². The van der Waals surface area contributed by atoms with Crippen LogP contribution in [0, 0.1) is 0 Å². The second-order valence-corrected chi connectivity index (χ2v) is 2.76. The van der Waals surface area contributed by atoms with Crippen molar-refractivity contribution in [1.29, 1.82) is 0 Å². The smallest absolute Gasteiger partial charge is 0.250 e. The van der Waals surface area contributed by atoms with E-state index in [4.69, 9.17) is 17.3 Å². The molecule has 0 aromatic carbocycles. The number of carbonyl (C=O) groups excluding carboxylic acids is 1. The highest BCUT2D eigenvalue weighted by molar-refractivity contribution is 7.80. The Morgan fingerprint density at radius 1 is 1.50 bits per heavy atom. The molecule has 14 heavy (non-hydrogen) atoms. The molecule has 0 radical (unpaired) electrons. The van der Waals surface area contributed by atoms with Crippen molar-refractivity contribution < 1.29 is 9.90 Å². The van der Waals surface area contributed by atoms with Gasteiger partial charge in [0.15, 0.2) is 5.11 Å². The monoisotopic (exact) mass is 214 g/mol. The van der Waals surface area contributed by atoms with Crippen LogP contribution < -0.4 is 10.6 Å². The molecule has 0 unspecified atom stereocenters. The lowest BCUT2D eigenvalue weighted by molar-refractivity contribution is -0.115. The van der Waals surface area contributed by atoms with Crippen LogP contribution in [0.3, 0.4) is 0 Å². The lowest BCUT2D eigenvalue weighted by Gasteiger charge is -2.05. The summed E-state index contributed by atoms with van der Waals surface area (Å²) in [6.45, 7) is 2.16. The Hall–Kier alpha value is -1.20. The molecule has 0 aliphatic carbocycles. The fourth-order valence-electron chi connectivity index (χ4n) is 0.621. The number of amides is 1. The molecule has 0 spiro atoms. The molecule has 0 aliphatic heterocycles. The molecule has 0 saturated heterocycles. The lowest BCUT2D eigenvalue weighted by Crippen LogP contribution is -2.39. The molecular weight excluding hydrogens is 200 g/mol. The average Bonchev–Trinajstić information content (AvgIpc) is 2.15. The fourth-order valence-corrected chi connectivity index (χ4v) is 0.824. The van der Waals surface area contributed by atoms with Crippen LogP contribution in [-0.2, 0) is 4.79 Å². The van der Waals surface area contributed by atoms with E-state index in [9.17, 15) is 4.79 Å². The Balaban J connectivity index is 3.76. The Morgan fingerprint density at radius 3 is 2.79 bits per heavy atom. The third kappa shape index (κ3) is 7.45. The molecule has 0 fully saturated rings. The van der Waals surface area contributed by atoms with Crippen LogP contribution in [0.2, 0.25) is 0 Å².